The molecular weight excluding hydrogens is 456 g/mol. The predicted octanol–water partition coefficient (Wildman–Crippen LogP) is 3.46. The zero-order valence-electron chi connectivity index (χ0n) is 20.1. The van der Waals surface area contributed by atoms with E-state index < -0.39 is 29.7 Å². The topological polar surface area (TPSA) is 114 Å². The summed E-state index contributed by atoms with van der Waals surface area (Å²) < 4.78 is 26.7. The van der Waals surface area contributed by atoms with Crippen molar-refractivity contribution in [3.8, 4) is 23.0 Å². The molecule has 1 aliphatic rings. The second-order valence-corrected chi connectivity index (χ2v) is 7.88. The van der Waals surface area contributed by atoms with Gasteiger partial charge in [0.05, 0.1) is 20.8 Å². The van der Waals surface area contributed by atoms with E-state index in [1.54, 1.807) is 36.4 Å². The number of hydrogen-bond acceptors (Lipinski definition) is 9. The third-order valence-corrected chi connectivity index (χ3v) is 5.51. The summed E-state index contributed by atoms with van der Waals surface area (Å²) in [5, 5.41) is 0. The van der Waals surface area contributed by atoms with Crippen LogP contribution in [0.15, 0.2) is 35.9 Å². The van der Waals surface area contributed by atoms with Crippen molar-refractivity contribution < 1.29 is 42.9 Å². The lowest BCUT2D eigenvalue weighted by atomic mass is 9.72. The lowest BCUT2D eigenvalue weighted by Crippen LogP contribution is -2.27. The molecule has 0 saturated carbocycles. The fourth-order valence-electron chi connectivity index (χ4n) is 4.13. The summed E-state index contributed by atoms with van der Waals surface area (Å²) in [6.45, 7) is 3.79. The van der Waals surface area contributed by atoms with E-state index in [1.807, 2.05) is 0 Å². The van der Waals surface area contributed by atoms with Gasteiger partial charge in [-0.3, -0.25) is 19.2 Å². The Hall–Kier alpha value is -4.14. The van der Waals surface area contributed by atoms with Crippen LogP contribution in [0.5, 0.6) is 23.0 Å². The number of rotatable bonds is 8. The Balaban J connectivity index is 2.24. The van der Waals surface area contributed by atoms with Crippen LogP contribution in [0, 0.1) is 5.92 Å². The lowest BCUT2D eigenvalue weighted by Gasteiger charge is -2.33. The molecule has 2 atom stereocenters. The van der Waals surface area contributed by atoms with Crippen molar-refractivity contribution in [1.82, 2.24) is 0 Å². The summed E-state index contributed by atoms with van der Waals surface area (Å²) in [5.74, 6) is -1.50. The molecule has 0 aliphatic heterocycles. The van der Waals surface area contributed by atoms with Gasteiger partial charge in [0, 0.05) is 32.6 Å². The largest absolute Gasteiger partial charge is 0.493 e. The van der Waals surface area contributed by atoms with E-state index in [1.165, 1.54) is 35.0 Å². The fourth-order valence-corrected chi connectivity index (χ4v) is 4.13. The number of methoxy groups -OCH3 is 2. The van der Waals surface area contributed by atoms with Crippen molar-refractivity contribution in [3.05, 3.63) is 52.6 Å². The molecule has 184 valence electrons. The van der Waals surface area contributed by atoms with E-state index in [2.05, 4.69) is 0 Å². The molecule has 0 spiro atoms. The van der Waals surface area contributed by atoms with Crippen molar-refractivity contribution in [3.63, 3.8) is 0 Å². The van der Waals surface area contributed by atoms with Gasteiger partial charge in [-0.05, 0) is 52.6 Å². The first kappa shape index (κ1) is 25.5. The van der Waals surface area contributed by atoms with Gasteiger partial charge in [-0.2, -0.15) is 0 Å². The minimum atomic E-state index is -0.549. The standard InChI is InChI=1S/C26H26O9/c1-14(28)33-13-21-19(12-27)8-18-10-24(32-5)25(35-16(3)30)11-20(18)26(21)17-6-7-22(34-15(2)29)23(9-17)31-4/h6-12,21,26H,13H2,1-5H3/t21-,26-/m0/s1. The zero-order chi connectivity index (χ0) is 25.7. The number of ether oxygens (including phenoxy) is 5. The molecule has 9 heteroatoms. The molecule has 0 radical (unpaired) electrons. The van der Waals surface area contributed by atoms with Gasteiger partial charge < -0.3 is 23.7 Å². The van der Waals surface area contributed by atoms with Crippen molar-refractivity contribution in [2.24, 2.45) is 5.92 Å². The van der Waals surface area contributed by atoms with Gasteiger partial charge in [0.1, 0.15) is 6.29 Å². The summed E-state index contributed by atoms with van der Waals surface area (Å²) in [6.07, 6.45) is 2.42. The Kier molecular flexibility index (Phi) is 7.91. The first-order valence-corrected chi connectivity index (χ1v) is 10.7. The first-order chi connectivity index (χ1) is 16.7. The van der Waals surface area contributed by atoms with E-state index in [9.17, 15) is 19.2 Å². The molecular formula is C26H26O9. The molecule has 0 aromatic heterocycles. The molecule has 0 heterocycles. The molecule has 3 rings (SSSR count). The highest BCUT2D eigenvalue weighted by atomic mass is 16.6. The highest BCUT2D eigenvalue weighted by Crippen LogP contribution is 2.47. The summed E-state index contributed by atoms with van der Waals surface area (Å²) in [6, 6.07) is 8.37. The maximum atomic E-state index is 12.1. The fraction of sp³-hybridized carbons (Fsp3) is 0.308. The average Bonchev–Trinajstić information content (AvgIpc) is 2.81. The van der Waals surface area contributed by atoms with E-state index in [0.717, 1.165) is 6.29 Å². The normalized spacial score (nSPS) is 16.3. The van der Waals surface area contributed by atoms with Gasteiger partial charge >= 0.3 is 17.9 Å². The van der Waals surface area contributed by atoms with E-state index in [4.69, 9.17) is 23.7 Å². The second-order valence-electron chi connectivity index (χ2n) is 7.88. The third kappa shape index (κ3) is 5.68. The van der Waals surface area contributed by atoms with Crippen molar-refractivity contribution in [1.29, 1.82) is 0 Å². The number of hydrogen-bond donors (Lipinski definition) is 0. The second kappa shape index (κ2) is 10.9. The van der Waals surface area contributed by atoms with Gasteiger partial charge in [0.15, 0.2) is 23.0 Å². The predicted molar refractivity (Wildman–Crippen MR) is 125 cm³/mol. The summed E-state index contributed by atoms with van der Waals surface area (Å²) in [4.78, 5) is 46.9. The number of carbonyl (C=O) groups is 4. The van der Waals surface area contributed by atoms with Crippen LogP contribution in [0.25, 0.3) is 6.08 Å². The zero-order valence-corrected chi connectivity index (χ0v) is 20.1. The maximum Gasteiger partial charge on any atom is 0.308 e. The minimum absolute atomic E-state index is 0.0625. The third-order valence-electron chi connectivity index (χ3n) is 5.51. The molecule has 0 amide bonds. The Morgan fingerprint density at radius 2 is 1.46 bits per heavy atom. The highest BCUT2D eigenvalue weighted by molar-refractivity contribution is 5.86. The smallest absolute Gasteiger partial charge is 0.308 e. The number of benzene rings is 2. The van der Waals surface area contributed by atoms with Crippen LogP contribution in [0.3, 0.4) is 0 Å². The van der Waals surface area contributed by atoms with E-state index >= 15 is 0 Å². The molecule has 0 N–H and O–H groups in total. The van der Waals surface area contributed by atoms with E-state index in [0.29, 0.717) is 33.8 Å². The monoisotopic (exact) mass is 482 g/mol. The van der Waals surface area contributed by atoms with Crippen molar-refractivity contribution in [2.45, 2.75) is 26.7 Å². The van der Waals surface area contributed by atoms with Gasteiger partial charge in [-0.1, -0.05) is 6.07 Å². The summed E-state index contributed by atoms with van der Waals surface area (Å²) >= 11 is 0. The molecule has 0 fully saturated rings. The summed E-state index contributed by atoms with van der Waals surface area (Å²) in [7, 11) is 2.89. The number of fused-ring (bicyclic) bond motifs is 1. The molecule has 1 aliphatic carbocycles. The Labute approximate surface area is 202 Å². The number of aldehydes is 1. The van der Waals surface area contributed by atoms with Gasteiger partial charge in [-0.15, -0.1) is 0 Å². The molecule has 2 aromatic carbocycles. The van der Waals surface area contributed by atoms with Crippen LogP contribution in [0.4, 0.5) is 0 Å². The maximum absolute atomic E-state index is 12.1. The van der Waals surface area contributed by atoms with Gasteiger partial charge in [0.25, 0.3) is 0 Å². The summed E-state index contributed by atoms with van der Waals surface area (Å²) in [5.41, 5.74) is 2.50. The van der Waals surface area contributed by atoms with Crippen molar-refractivity contribution in [2.75, 3.05) is 20.8 Å². The molecule has 0 saturated heterocycles. The Bertz CT molecular complexity index is 1200. The van der Waals surface area contributed by atoms with E-state index in [-0.39, 0.29) is 18.1 Å². The highest BCUT2D eigenvalue weighted by Gasteiger charge is 2.35. The molecule has 0 bridgehead atoms. The lowest BCUT2D eigenvalue weighted by molar-refractivity contribution is -0.142. The number of carbonyl (C=O) groups excluding carboxylic acids is 4. The van der Waals surface area contributed by atoms with Crippen LogP contribution in [-0.2, 0) is 23.9 Å². The number of esters is 3. The van der Waals surface area contributed by atoms with Crippen molar-refractivity contribution >= 4 is 30.3 Å². The van der Waals surface area contributed by atoms with Crippen LogP contribution < -0.4 is 18.9 Å². The molecule has 9 nitrogen and oxygen atoms in total. The Morgan fingerprint density at radius 3 is 2.03 bits per heavy atom. The molecule has 2 aromatic rings. The van der Waals surface area contributed by atoms with Crippen LogP contribution in [0.2, 0.25) is 0 Å². The SMILES string of the molecule is COc1cc([C@H]2c3cc(OC(C)=O)c(OC)cc3C=C(C=O)[C@@H]2COC(C)=O)ccc1OC(C)=O. The quantitative estimate of drug-likeness (QED) is 0.317. The minimum Gasteiger partial charge on any atom is -0.493 e. The van der Waals surface area contributed by atoms with Gasteiger partial charge in [-0.25, -0.2) is 0 Å². The Morgan fingerprint density at radius 1 is 0.829 bits per heavy atom. The van der Waals surface area contributed by atoms with Crippen LogP contribution in [0.1, 0.15) is 43.4 Å². The van der Waals surface area contributed by atoms with Crippen LogP contribution in [-0.4, -0.2) is 45.0 Å². The first-order valence-electron chi connectivity index (χ1n) is 10.7. The average molecular weight is 482 g/mol. The molecule has 0 unspecified atom stereocenters. The van der Waals surface area contributed by atoms with Crippen LogP contribution >= 0.6 is 0 Å². The van der Waals surface area contributed by atoms with Gasteiger partial charge in [0.2, 0.25) is 0 Å². The molecule has 35 heavy (non-hydrogen) atoms.